The first-order valence-electron chi connectivity index (χ1n) is 7.90. The van der Waals surface area contributed by atoms with Crippen LogP contribution in [0.5, 0.6) is 5.75 Å². The molecule has 5 nitrogen and oxygen atoms in total. The largest absolute Gasteiger partial charge is 0.489 e. The average molecular weight is 326 g/mol. The number of benzene rings is 2. The molecule has 5 heteroatoms. The summed E-state index contributed by atoms with van der Waals surface area (Å²) in [6.07, 6.45) is -0.00161. The zero-order valence-electron chi connectivity index (χ0n) is 14.1. The molecule has 0 radical (unpaired) electrons. The third-order valence-electron chi connectivity index (χ3n) is 3.28. The maximum absolute atomic E-state index is 12.3. The van der Waals surface area contributed by atoms with Gasteiger partial charge in [-0.1, -0.05) is 30.3 Å². The molecule has 0 aliphatic rings. The van der Waals surface area contributed by atoms with Crippen LogP contribution in [0.15, 0.2) is 54.6 Å². The lowest BCUT2D eigenvalue weighted by molar-refractivity contribution is -0.117. The number of ether oxygens (including phenoxy) is 1. The minimum atomic E-state index is -0.676. The Morgan fingerprint density at radius 1 is 0.917 bits per heavy atom. The molecule has 0 aliphatic heterocycles. The molecule has 1 unspecified atom stereocenters. The van der Waals surface area contributed by atoms with E-state index in [2.05, 4.69) is 10.6 Å². The van der Waals surface area contributed by atoms with Gasteiger partial charge in [-0.15, -0.1) is 0 Å². The number of carbonyl (C=O) groups is 2. The van der Waals surface area contributed by atoms with E-state index in [-0.39, 0.29) is 17.9 Å². The Morgan fingerprint density at radius 2 is 1.54 bits per heavy atom. The topological polar surface area (TPSA) is 67.4 Å². The van der Waals surface area contributed by atoms with Crippen LogP contribution in [0.1, 0.15) is 31.1 Å². The highest BCUT2D eigenvalue weighted by atomic mass is 16.5. The summed E-state index contributed by atoms with van der Waals surface area (Å²) < 4.78 is 5.67. The van der Waals surface area contributed by atoms with Gasteiger partial charge >= 0.3 is 0 Å². The summed E-state index contributed by atoms with van der Waals surface area (Å²) in [4.78, 5) is 24.4. The summed E-state index contributed by atoms with van der Waals surface area (Å²) in [5.74, 6) is 0.00601. The van der Waals surface area contributed by atoms with Crippen LogP contribution in [0.3, 0.4) is 0 Å². The minimum Gasteiger partial charge on any atom is -0.489 e. The number of nitrogens with one attached hydrogen (secondary N) is 2. The average Bonchev–Trinajstić information content (AvgIpc) is 2.56. The predicted molar refractivity (Wildman–Crippen MR) is 94.2 cm³/mol. The first-order chi connectivity index (χ1) is 11.5. The van der Waals surface area contributed by atoms with E-state index in [4.69, 9.17) is 4.74 Å². The normalized spacial score (nSPS) is 11.7. The van der Waals surface area contributed by atoms with Crippen molar-refractivity contribution in [3.63, 3.8) is 0 Å². The van der Waals surface area contributed by atoms with Crippen molar-refractivity contribution >= 4 is 17.5 Å². The molecule has 0 saturated carbocycles. The summed E-state index contributed by atoms with van der Waals surface area (Å²) in [5, 5.41) is 5.48. The summed E-state index contributed by atoms with van der Waals surface area (Å²) in [6.45, 7) is 5.48. The van der Waals surface area contributed by atoms with Gasteiger partial charge in [-0.3, -0.25) is 9.59 Å². The lowest BCUT2D eigenvalue weighted by Gasteiger charge is -2.17. The summed E-state index contributed by atoms with van der Waals surface area (Å²) in [5.41, 5.74) is 1.10. The first-order valence-corrected chi connectivity index (χ1v) is 7.90. The van der Waals surface area contributed by atoms with Gasteiger partial charge < -0.3 is 15.4 Å². The number of hydrogen-bond acceptors (Lipinski definition) is 3. The first kappa shape index (κ1) is 17.5. The van der Waals surface area contributed by atoms with Gasteiger partial charge in [0, 0.05) is 5.56 Å². The molecule has 2 rings (SSSR count). The third kappa shape index (κ3) is 4.84. The van der Waals surface area contributed by atoms with Gasteiger partial charge in [-0.05, 0) is 45.0 Å². The number of carbonyl (C=O) groups excluding carboxylic acids is 2. The molecular formula is C19H22N2O3. The Hall–Kier alpha value is -2.82. The number of amides is 2. The van der Waals surface area contributed by atoms with Gasteiger partial charge in [-0.2, -0.15) is 0 Å². The fourth-order valence-electron chi connectivity index (χ4n) is 2.10. The van der Waals surface area contributed by atoms with E-state index in [1.165, 1.54) is 0 Å². The lowest BCUT2D eigenvalue weighted by Crippen LogP contribution is -2.41. The molecule has 0 saturated heterocycles. The maximum atomic E-state index is 12.3. The monoisotopic (exact) mass is 326 g/mol. The van der Waals surface area contributed by atoms with E-state index in [1.54, 1.807) is 43.3 Å². The van der Waals surface area contributed by atoms with E-state index in [0.29, 0.717) is 17.0 Å². The second-order valence-corrected chi connectivity index (χ2v) is 5.71. The summed E-state index contributed by atoms with van der Waals surface area (Å²) >= 11 is 0. The molecule has 2 aromatic carbocycles. The van der Waals surface area contributed by atoms with Crippen molar-refractivity contribution in [3.05, 3.63) is 60.2 Å². The fraction of sp³-hybridized carbons (Fsp3) is 0.263. The lowest BCUT2D eigenvalue weighted by atomic mass is 10.2. The van der Waals surface area contributed by atoms with Crippen molar-refractivity contribution in [1.29, 1.82) is 0 Å². The van der Waals surface area contributed by atoms with Crippen LogP contribution in [0, 0.1) is 0 Å². The van der Waals surface area contributed by atoms with Crippen molar-refractivity contribution in [1.82, 2.24) is 5.32 Å². The quantitative estimate of drug-likeness (QED) is 0.856. The number of para-hydroxylation sites is 2. The smallest absolute Gasteiger partial charge is 0.251 e. The molecule has 2 amide bonds. The predicted octanol–water partition coefficient (Wildman–Crippen LogP) is 3.23. The van der Waals surface area contributed by atoms with Crippen molar-refractivity contribution in [2.24, 2.45) is 0 Å². The van der Waals surface area contributed by atoms with Gasteiger partial charge in [0.2, 0.25) is 5.91 Å². The van der Waals surface area contributed by atoms with Crippen molar-refractivity contribution in [2.75, 3.05) is 5.32 Å². The molecule has 2 N–H and O–H groups in total. The van der Waals surface area contributed by atoms with Gasteiger partial charge in [-0.25, -0.2) is 0 Å². The second kappa shape index (κ2) is 8.15. The van der Waals surface area contributed by atoms with E-state index in [0.717, 1.165) is 0 Å². The summed E-state index contributed by atoms with van der Waals surface area (Å²) in [7, 11) is 0. The van der Waals surface area contributed by atoms with Gasteiger partial charge in [0.1, 0.15) is 11.8 Å². The van der Waals surface area contributed by atoms with Crippen LogP contribution in [0.2, 0.25) is 0 Å². The molecule has 0 spiro atoms. The Kier molecular flexibility index (Phi) is 5.95. The standard InChI is InChI=1S/C19H22N2O3/c1-13(2)24-17-12-8-7-11-16(17)21-18(22)14(3)20-19(23)15-9-5-4-6-10-15/h4-14H,1-3H3,(H,20,23)(H,21,22). The zero-order chi connectivity index (χ0) is 17.5. The Labute approximate surface area is 142 Å². The van der Waals surface area contributed by atoms with Gasteiger partial charge in [0.15, 0.2) is 0 Å². The molecule has 2 aromatic rings. The van der Waals surface area contributed by atoms with Crippen LogP contribution in [-0.4, -0.2) is 24.0 Å². The highest BCUT2D eigenvalue weighted by Crippen LogP contribution is 2.24. The van der Waals surface area contributed by atoms with E-state index < -0.39 is 6.04 Å². The van der Waals surface area contributed by atoms with Crippen LogP contribution in [0.25, 0.3) is 0 Å². The van der Waals surface area contributed by atoms with Crippen LogP contribution in [0.4, 0.5) is 5.69 Å². The van der Waals surface area contributed by atoms with Crippen LogP contribution >= 0.6 is 0 Å². The van der Waals surface area contributed by atoms with E-state index >= 15 is 0 Å². The third-order valence-corrected chi connectivity index (χ3v) is 3.28. The number of hydrogen-bond donors (Lipinski definition) is 2. The Morgan fingerprint density at radius 3 is 2.21 bits per heavy atom. The highest BCUT2D eigenvalue weighted by molar-refractivity contribution is 6.01. The minimum absolute atomic E-state index is 0.00161. The zero-order valence-corrected chi connectivity index (χ0v) is 14.1. The fourth-order valence-corrected chi connectivity index (χ4v) is 2.10. The number of anilines is 1. The molecule has 0 fully saturated rings. The molecule has 0 aliphatic carbocycles. The van der Waals surface area contributed by atoms with Crippen LogP contribution in [-0.2, 0) is 4.79 Å². The molecule has 0 aromatic heterocycles. The van der Waals surface area contributed by atoms with E-state index in [9.17, 15) is 9.59 Å². The SMILES string of the molecule is CC(C)Oc1ccccc1NC(=O)C(C)NC(=O)c1ccccc1. The Bertz CT molecular complexity index is 699. The molecule has 0 heterocycles. The molecule has 0 bridgehead atoms. The maximum Gasteiger partial charge on any atom is 0.251 e. The number of rotatable bonds is 6. The summed E-state index contributed by atoms with van der Waals surface area (Å²) in [6, 6.07) is 15.3. The van der Waals surface area contributed by atoms with Gasteiger partial charge in [0.05, 0.1) is 11.8 Å². The molecule has 1 atom stereocenters. The van der Waals surface area contributed by atoms with Crippen molar-refractivity contribution in [3.8, 4) is 5.75 Å². The molecule has 24 heavy (non-hydrogen) atoms. The Balaban J connectivity index is 2.01. The molecular weight excluding hydrogens is 304 g/mol. The van der Waals surface area contributed by atoms with Crippen molar-refractivity contribution < 1.29 is 14.3 Å². The second-order valence-electron chi connectivity index (χ2n) is 5.71. The van der Waals surface area contributed by atoms with Crippen LogP contribution < -0.4 is 15.4 Å². The van der Waals surface area contributed by atoms with E-state index in [1.807, 2.05) is 32.0 Å². The van der Waals surface area contributed by atoms with Crippen molar-refractivity contribution in [2.45, 2.75) is 32.9 Å². The highest BCUT2D eigenvalue weighted by Gasteiger charge is 2.18. The van der Waals surface area contributed by atoms with Gasteiger partial charge in [0.25, 0.3) is 5.91 Å². The molecule has 126 valence electrons.